The van der Waals surface area contributed by atoms with E-state index in [1.54, 1.807) is 0 Å². The molecule has 11 aromatic rings. The Kier molecular flexibility index (Phi) is 7.64. The van der Waals surface area contributed by atoms with Gasteiger partial charge in [0.05, 0.1) is 27.5 Å². The molecular formula is C52H35N5. The van der Waals surface area contributed by atoms with E-state index in [-0.39, 0.29) is 0 Å². The molecule has 11 rings (SSSR count). The quantitative estimate of drug-likeness (QED) is 0.153. The van der Waals surface area contributed by atoms with Gasteiger partial charge < -0.3 is 0 Å². The van der Waals surface area contributed by atoms with Gasteiger partial charge in [-0.2, -0.15) is 15.0 Å². The van der Waals surface area contributed by atoms with Gasteiger partial charge in [0, 0.05) is 27.1 Å². The zero-order valence-corrected chi connectivity index (χ0v) is 30.9. The Morgan fingerprint density at radius 1 is 0.281 bits per heavy atom. The van der Waals surface area contributed by atoms with Crippen molar-refractivity contribution >= 4 is 43.6 Å². The topological polar surface area (TPSA) is 48.5 Å². The Morgan fingerprint density at radius 3 is 0.930 bits per heavy atom. The molecule has 0 aliphatic carbocycles. The van der Waals surface area contributed by atoms with Crippen LogP contribution in [0.15, 0.2) is 212 Å². The molecule has 268 valence electrons. The van der Waals surface area contributed by atoms with Crippen LogP contribution in [0.1, 0.15) is 22.3 Å². The van der Waals surface area contributed by atoms with Gasteiger partial charge in [-0.25, -0.2) is 0 Å². The molecule has 0 bridgehead atoms. The molecule has 0 atom stereocenters. The van der Waals surface area contributed by atoms with Gasteiger partial charge in [0.15, 0.2) is 5.82 Å². The van der Waals surface area contributed by atoms with E-state index in [2.05, 4.69) is 221 Å². The number of benzene rings is 8. The Hall–Kier alpha value is -7.63. The van der Waals surface area contributed by atoms with Gasteiger partial charge in [-0.15, -0.1) is 0 Å². The van der Waals surface area contributed by atoms with Crippen molar-refractivity contribution in [2.75, 3.05) is 0 Å². The highest BCUT2D eigenvalue weighted by atomic mass is 15.3. The zero-order chi connectivity index (χ0) is 37.8. The smallest absolute Gasteiger partial charge is 0.240 e. The summed E-state index contributed by atoms with van der Waals surface area (Å²) in [6.45, 7) is 0. The predicted octanol–water partition coefficient (Wildman–Crippen LogP) is 12.1. The molecule has 0 aliphatic heterocycles. The maximum atomic E-state index is 5.32. The molecule has 8 aromatic carbocycles. The van der Waals surface area contributed by atoms with Crippen LogP contribution in [-0.2, 0) is 5.41 Å². The third-order valence-electron chi connectivity index (χ3n) is 11.4. The molecule has 0 saturated carbocycles. The second-order valence-electron chi connectivity index (χ2n) is 14.4. The van der Waals surface area contributed by atoms with Crippen molar-refractivity contribution in [3.63, 3.8) is 0 Å². The first-order valence-electron chi connectivity index (χ1n) is 19.3. The van der Waals surface area contributed by atoms with E-state index in [1.807, 2.05) is 0 Å². The first-order valence-corrected chi connectivity index (χ1v) is 19.3. The molecule has 0 spiro atoms. The largest absolute Gasteiger partial charge is 0.278 e. The highest BCUT2D eigenvalue weighted by Crippen LogP contribution is 2.45. The fourth-order valence-corrected chi connectivity index (χ4v) is 8.89. The highest BCUT2D eigenvalue weighted by molar-refractivity contribution is 6.10. The van der Waals surface area contributed by atoms with E-state index in [4.69, 9.17) is 15.0 Å². The van der Waals surface area contributed by atoms with E-state index in [1.165, 1.54) is 16.7 Å². The van der Waals surface area contributed by atoms with E-state index in [0.29, 0.717) is 17.7 Å². The zero-order valence-electron chi connectivity index (χ0n) is 30.9. The molecule has 57 heavy (non-hydrogen) atoms. The van der Waals surface area contributed by atoms with Gasteiger partial charge in [-0.3, -0.25) is 9.13 Å². The summed E-state index contributed by atoms with van der Waals surface area (Å²) in [4.78, 5) is 15.9. The Morgan fingerprint density at radius 2 is 0.579 bits per heavy atom. The summed E-state index contributed by atoms with van der Waals surface area (Å²) in [6, 6.07) is 75.1. The van der Waals surface area contributed by atoms with Gasteiger partial charge in [0.2, 0.25) is 11.9 Å². The second kappa shape index (κ2) is 13.3. The standard InChI is InChI=1S/C52H35N5/c1-4-18-37(19-5-1)52(38-20-6-2-7-21-38,39-22-8-3-9-23-39)40-34-32-36(33-35-40)49-53-50(56-45-28-14-10-24-41(45)42-25-11-15-29-46(42)56)55-51(54-49)57-47-30-16-12-26-43(47)44-27-13-17-31-48(44)57/h1-35H. The molecule has 0 aliphatic rings. The first-order chi connectivity index (χ1) is 28.3. The molecule has 0 N–H and O–H groups in total. The van der Waals surface area contributed by atoms with Crippen LogP contribution in [0.5, 0.6) is 0 Å². The lowest BCUT2D eigenvalue weighted by Gasteiger charge is -2.37. The van der Waals surface area contributed by atoms with E-state index < -0.39 is 5.41 Å². The average molecular weight is 730 g/mol. The number of hydrogen-bond acceptors (Lipinski definition) is 3. The van der Waals surface area contributed by atoms with Crippen molar-refractivity contribution in [2.24, 2.45) is 0 Å². The van der Waals surface area contributed by atoms with Crippen LogP contribution in [0.3, 0.4) is 0 Å². The second-order valence-corrected chi connectivity index (χ2v) is 14.4. The molecule has 0 fully saturated rings. The summed E-state index contributed by atoms with van der Waals surface area (Å²) in [5, 5.41) is 4.60. The molecule has 0 radical (unpaired) electrons. The third-order valence-corrected chi connectivity index (χ3v) is 11.4. The van der Waals surface area contributed by atoms with Gasteiger partial charge in [-0.1, -0.05) is 188 Å². The van der Waals surface area contributed by atoms with Crippen molar-refractivity contribution in [1.29, 1.82) is 0 Å². The molecular weight excluding hydrogens is 695 g/mol. The lowest BCUT2D eigenvalue weighted by atomic mass is 9.65. The van der Waals surface area contributed by atoms with Crippen LogP contribution >= 0.6 is 0 Å². The van der Waals surface area contributed by atoms with Crippen molar-refractivity contribution < 1.29 is 0 Å². The Labute approximate surface area is 329 Å². The molecule has 5 heteroatoms. The number of aromatic nitrogens is 5. The monoisotopic (exact) mass is 729 g/mol. The normalized spacial score (nSPS) is 11.9. The van der Waals surface area contributed by atoms with E-state index >= 15 is 0 Å². The van der Waals surface area contributed by atoms with Gasteiger partial charge in [-0.05, 0) is 46.5 Å². The van der Waals surface area contributed by atoms with Crippen LogP contribution in [0.2, 0.25) is 0 Å². The minimum atomic E-state index is -0.566. The average Bonchev–Trinajstić information content (AvgIpc) is 3.81. The first kappa shape index (κ1) is 32.8. The fraction of sp³-hybridized carbons (Fsp3) is 0.0192. The third kappa shape index (κ3) is 5.13. The lowest BCUT2D eigenvalue weighted by Crippen LogP contribution is -2.30. The number of nitrogens with zero attached hydrogens (tertiary/aromatic N) is 5. The predicted molar refractivity (Wildman–Crippen MR) is 232 cm³/mol. The summed E-state index contributed by atoms with van der Waals surface area (Å²) in [5.74, 6) is 1.71. The van der Waals surface area contributed by atoms with Gasteiger partial charge in [0.1, 0.15) is 0 Å². The molecule has 3 heterocycles. The maximum Gasteiger partial charge on any atom is 0.240 e. The Bertz CT molecular complexity index is 2890. The van der Waals surface area contributed by atoms with Crippen molar-refractivity contribution in [3.8, 4) is 23.3 Å². The number of para-hydroxylation sites is 4. The number of rotatable bonds is 7. The summed E-state index contributed by atoms with van der Waals surface area (Å²) in [5.41, 5.74) is 9.21. The van der Waals surface area contributed by atoms with Crippen LogP contribution in [0.4, 0.5) is 0 Å². The molecule has 0 amide bonds. The minimum absolute atomic E-state index is 0.561. The molecule has 3 aromatic heterocycles. The summed E-state index contributed by atoms with van der Waals surface area (Å²) >= 11 is 0. The summed E-state index contributed by atoms with van der Waals surface area (Å²) < 4.78 is 4.35. The van der Waals surface area contributed by atoms with Crippen molar-refractivity contribution in [1.82, 2.24) is 24.1 Å². The van der Waals surface area contributed by atoms with E-state index in [9.17, 15) is 0 Å². The maximum absolute atomic E-state index is 5.32. The Balaban J connectivity index is 1.17. The highest BCUT2D eigenvalue weighted by Gasteiger charge is 2.38. The molecule has 0 unspecified atom stereocenters. The van der Waals surface area contributed by atoms with Crippen LogP contribution in [0, 0.1) is 0 Å². The van der Waals surface area contributed by atoms with Gasteiger partial charge in [0.25, 0.3) is 0 Å². The molecule has 5 nitrogen and oxygen atoms in total. The number of hydrogen-bond donors (Lipinski definition) is 0. The SMILES string of the molecule is c1ccc(C(c2ccccc2)(c2ccccc2)c2ccc(-c3nc(-n4c5ccccc5c5ccccc54)nc(-n4c5ccccc5c5ccccc54)n3)cc2)cc1. The number of fused-ring (bicyclic) bond motifs is 6. The van der Waals surface area contributed by atoms with Crippen LogP contribution < -0.4 is 0 Å². The van der Waals surface area contributed by atoms with Crippen LogP contribution in [-0.4, -0.2) is 24.1 Å². The fourth-order valence-electron chi connectivity index (χ4n) is 8.89. The lowest BCUT2D eigenvalue weighted by molar-refractivity contribution is 0.745. The van der Waals surface area contributed by atoms with E-state index in [0.717, 1.165) is 54.7 Å². The van der Waals surface area contributed by atoms with Crippen molar-refractivity contribution in [3.05, 3.63) is 235 Å². The van der Waals surface area contributed by atoms with Gasteiger partial charge >= 0.3 is 0 Å². The van der Waals surface area contributed by atoms with Crippen LogP contribution in [0.25, 0.3) is 66.9 Å². The summed E-state index contributed by atoms with van der Waals surface area (Å²) in [7, 11) is 0. The summed E-state index contributed by atoms with van der Waals surface area (Å²) in [6.07, 6.45) is 0. The molecule has 0 saturated heterocycles. The minimum Gasteiger partial charge on any atom is -0.278 e. The van der Waals surface area contributed by atoms with Crippen molar-refractivity contribution in [2.45, 2.75) is 5.41 Å².